The molecule has 4 heteroatoms. The maximum absolute atomic E-state index is 8.98. The molecule has 1 aromatic heterocycles. The van der Waals surface area contributed by atoms with Crippen LogP contribution in [-0.2, 0) is 4.74 Å². The van der Waals surface area contributed by atoms with Crippen LogP contribution in [0.25, 0.3) is 0 Å². The fourth-order valence-corrected chi connectivity index (χ4v) is 1.45. The van der Waals surface area contributed by atoms with Crippen molar-refractivity contribution in [2.45, 2.75) is 6.92 Å². The van der Waals surface area contributed by atoms with E-state index in [0.29, 0.717) is 13.2 Å². The molecule has 4 nitrogen and oxygen atoms in total. The quantitative estimate of drug-likeness (QED) is 0.755. The van der Waals surface area contributed by atoms with E-state index in [1.807, 2.05) is 24.0 Å². The number of aromatic nitrogens is 1. The molecule has 0 aliphatic carbocycles. The van der Waals surface area contributed by atoms with Gasteiger partial charge < -0.3 is 14.7 Å². The number of aliphatic hydroxyl groups excluding tert-OH is 1. The highest BCUT2D eigenvalue weighted by atomic mass is 16.5. The Hall–Kier alpha value is -1.13. The second-order valence-corrected chi connectivity index (χ2v) is 3.35. The average Bonchev–Trinajstić information content (AvgIpc) is 2.25. The normalized spacial score (nSPS) is 10.3. The molecule has 0 aliphatic rings. The molecule has 0 atom stereocenters. The van der Waals surface area contributed by atoms with E-state index in [4.69, 9.17) is 9.84 Å². The van der Waals surface area contributed by atoms with Crippen molar-refractivity contribution >= 4 is 5.82 Å². The summed E-state index contributed by atoms with van der Waals surface area (Å²) in [7, 11) is 1.67. The van der Waals surface area contributed by atoms with Gasteiger partial charge in [0.2, 0.25) is 0 Å². The van der Waals surface area contributed by atoms with Crippen molar-refractivity contribution in [2.75, 3.05) is 38.3 Å². The van der Waals surface area contributed by atoms with E-state index in [-0.39, 0.29) is 6.61 Å². The summed E-state index contributed by atoms with van der Waals surface area (Å²) in [5.41, 5.74) is 1.11. The van der Waals surface area contributed by atoms with Crippen molar-refractivity contribution in [1.29, 1.82) is 0 Å². The molecule has 15 heavy (non-hydrogen) atoms. The smallest absolute Gasteiger partial charge is 0.131 e. The molecule has 0 unspecified atom stereocenters. The maximum Gasteiger partial charge on any atom is 0.131 e. The van der Waals surface area contributed by atoms with Gasteiger partial charge in [-0.2, -0.15) is 0 Å². The van der Waals surface area contributed by atoms with Gasteiger partial charge in [0, 0.05) is 26.4 Å². The van der Waals surface area contributed by atoms with Crippen molar-refractivity contribution in [2.24, 2.45) is 0 Å². The topological polar surface area (TPSA) is 45.6 Å². The third kappa shape index (κ3) is 3.49. The second kappa shape index (κ2) is 6.37. The molecule has 0 radical (unpaired) electrons. The van der Waals surface area contributed by atoms with Crippen molar-refractivity contribution < 1.29 is 9.84 Å². The zero-order valence-corrected chi connectivity index (χ0v) is 9.31. The van der Waals surface area contributed by atoms with Crippen LogP contribution in [0, 0.1) is 6.92 Å². The Morgan fingerprint density at radius 1 is 1.47 bits per heavy atom. The minimum absolute atomic E-state index is 0.125. The van der Waals surface area contributed by atoms with Gasteiger partial charge in [-0.25, -0.2) is 4.98 Å². The lowest BCUT2D eigenvalue weighted by Gasteiger charge is -2.23. The van der Waals surface area contributed by atoms with Gasteiger partial charge in [-0.05, 0) is 18.6 Å². The van der Waals surface area contributed by atoms with Gasteiger partial charge in [0.25, 0.3) is 0 Å². The number of hydrogen-bond acceptors (Lipinski definition) is 4. The van der Waals surface area contributed by atoms with Crippen LogP contribution in [0.2, 0.25) is 0 Å². The minimum atomic E-state index is 0.125. The highest BCUT2D eigenvalue weighted by molar-refractivity contribution is 5.45. The summed E-state index contributed by atoms with van der Waals surface area (Å²) in [5.74, 6) is 0.920. The van der Waals surface area contributed by atoms with Crippen LogP contribution in [0.3, 0.4) is 0 Å². The van der Waals surface area contributed by atoms with E-state index in [0.717, 1.165) is 17.9 Å². The Kier molecular flexibility index (Phi) is 5.07. The predicted octanol–water partition coefficient (Wildman–Crippen LogP) is 0.835. The Balaban J connectivity index is 2.74. The summed E-state index contributed by atoms with van der Waals surface area (Å²) < 4.78 is 5.03. The SMILES string of the molecule is COCCN(CCO)c1ncccc1C. The zero-order chi connectivity index (χ0) is 11.1. The number of methoxy groups -OCH3 is 1. The number of aryl methyl sites for hydroxylation is 1. The van der Waals surface area contributed by atoms with Gasteiger partial charge in [0.1, 0.15) is 5.82 Å². The average molecular weight is 210 g/mol. The van der Waals surface area contributed by atoms with E-state index in [1.54, 1.807) is 13.3 Å². The van der Waals surface area contributed by atoms with Gasteiger partial charge in [-0.15, -0.1) is 0 Å². The Morgan fingerprint density at radius 2 is 2.27 bits per heavy atom. The lowest BCUT2D eigenvalue weighted by atomic mass is 10.2. The van der Waals surface area contributed by atoms with Gasteiger partial charge in [0.05, 0.1) is 13.2 Å². The third-order valence-electron chi connectivity index (χ3n) is 2.22. The number of ether oxygens (including phenoxy) is 1. The van der Waals surface area contributed by atoms with Crippen LogP contribution in [0.15, 0.2) is 18.3 Å². The van der Waals surface area contributed by atoms with Crippen LogP contribution in [-0.4, -0.2) is 43.5 Å². The molecule has 0 aliphatic heterocycles. The van der Waals surface area contributed by atoms with Crippen LogP contribution in [0.5, 0.6) is 0 Å². The predicted molar refractivity (Wildman–Crippen MR) is 60.1 cm³/mol. The number of nitrogens with zero attached hydrogens (tertiary/aromatic N) is 2. The molecule has 0 amide bonds. The first-order valence-corrected chi connectivity index (χ1v) is 5.06. The highest BCUT2D eigenvalue weighted by Gasteiger charge is 2.08. The van der Waals surface area contributed by atoms with Gasteiger partial charge in [0.15, 0.2) is 0 Å². The number of pyridine rings is 1. The van der Waals surface area contributed by atoms with Crippen LogP contribution in [0.1, 0.15) is 5.56 Å². The fourth-order valence-electron chi connectivity index (χ4n) is 1.45. The van der Waals surface area contributed by atoms with E-state index < -0.39 is 0 Å². The van der Waals surface area contributed by atoms with Crippen LogP contribution in [0.4, 0.5) is 5.82 Å². The van der Waals surface area contributed by atoms with Crippen LogP contribution < -0.4 is 4.90 Å². The fraction of sp³-hybridized carbons (Fsp3) is 0.545. The number of rotatable bonds is 6. The number of hydrogen-bond donors (Lipinski definition) is 1. The molecule has 0 saturated carbocycles. The molecule has 0 spiro atoms. The van der Waals surface area contributed by atoms with Crippen molar-refractivity contribution in [3.63, 3.8) is 0 Å². The molecule has 0 aromatic carbocycles. The molecule has 0 saturated heterocycles. The number of anilines is 1. The first-order valence-electron chi connectivity index (χ1n) is 5.06. The summed E-state index contributed by atoms with van der Waals surface area (Å²) in [5, 5.41) is 8.98. The summed E-state index contributed by atoms with van der Waals surface area (Å²) in [4.78, 5) is 6.34. The van der Waals surface area contributed by atoms with E-state index >= 15 is 0 Å². The van der Waals surface area contributed by atoms with E-state index in [2.05, 4.69) is 4.98 Å². The van der Waals surface area contributed by atoms with Crippen molar-refractivity contribution in [1.82, 2.24) is 4.98 Å². The van der Waals surface area contributed by atoms with E-state index in [1.165, 1.54) is 0 Å². The molecule has 0 fully saturated rings. The van der Waals surface area contributed by atoms with Gasteiger partial charge >= 0.3 is 0 Å². The van der Waals surface area contributed by atoms with E-state index in [9.17, 15) is 0 Å². The second-order valence-electron chi connectivity index (χ2n) is 3.35. The first kappa shape index (κ1) is 11.9. The maximum atomic E-state index is 8.98. The minimum Gasteiger partial charge on any atom is -0.395 e. The number of aliphatic hydroxyl groups is 1. The molecule has 1 N–H and O–H groups in total. The largest absolute Gasteiger partial charge is 0.395 e. The van der Waals surface area contributed by atoms with Gasteiger partial charge in [-0.3, -0.25) is 0 Å². The molecule has 84 valence electrons. The molecule has 0 bridgehead atoms. The van der Waals surface area contributed by atoms with Crippen molar-refractivity contribution in [3.8, 4) is 0 Å². The molecule has 1 aromatic rings. The summed E-state index contributed by atoms with van der Waals surface area (Å²) in [6.07, 6.45) is 1.76. The molecular formula is C11H18N2O2. The lowest BCUT2D eigenvalue weighted by molar-refractivity contribution is 0.202. The summed E-state index contributed by atoms with van der Waals surface area (Å²) in [6.45, 7) is 4.10. The zero-order valence-electron chi connectivity index (χ0n) is 9.31. The summed E-state index contributed by atoms with van der Waals surface area (Å²) in [6, 6.07) is 3.92. The molecule has 1 rings (SSSR count). The Morgan fingerprint density at radius 3 is 2.87 bits per heavy atom. The molecular weight excluding hydrogens is 192 g/mol. The highest BCUT2D eigenvalue weighted by Crippen LogP contribution is 2.14. The Bertz CT molecular complexity index is 292. The standard InChI is InChI=1S/C11H18N2O2/c1-10-4-3-5-12-11(10)13(6-8-14)7-9-15-2/h3-5,14H,6-9H2,1-2H3. The third-order valence-corrected chi connectivity index (χ3v) is 2.22. The van der Waals surface area contributed by atoms with Crippen LogP contribution >= 0.6 is 0 Å². The first-order chi connectivity index (χ1) is 7.29. The van der Waals surface area contributed by atoms with Crippen molar-refractivity contribution in [3.05, 3.63) is 23.9 Å². The van der Waals surface area contributed by atoms with Gasteiger partial charge in [-0.1, -0.05) is 6.07 Å². The molecule has 1 heterocycles. The Labute approximate surface area is 90.5 Å². The monoisotopic (exact) mass is 210 g/mol. The summed E-state index contributed by atoms with van der Waals surface area (Å²) >= 11 is 0. The lowest BCUT2D eigenvalue weighted by Crippen LogP contribution is -2.31.